The minimum Gasteiger partial charge on any atom is -0.508 e. The molecule has 15 nitrogen and oxygen atoms in total. The van der Waals surface area contributed by atoms with Crippen LogP contribution in [0.1, 0.15) is 33.5 Å². The normalized spacial score (nSPS) is 24.5. The van der Waals surface area contributed by atoms with Crippen molar-refractivity contribution in [1.29, 1.82) is 0 Å². The third kappa shape index (κ3) is 5.82. The third-order valence-corrected chi connectivity index (χ3v) is 8.91. The standard InChI is InChI=1S/C36H30O15/c37-13-25-30(44)32(46)33(47)36(51-25)50-24-12-21(43)26-20(42)11-22(14-1-5-16(38)6-2-14)48-35(26)28(24)29-31(45)27-19(41)9-18(40)10-23(27)49-34(29)15-3-7-17(39)8-4-15/h1-12,25,29-30,32-34,36-41,43-44,46-47H,13H2/t25-,29+,30-,32+,33-,34+,36-/m1/s1. The summed E-state index contributed by atoms with van der Waals surface area (Å²) in [7, 11) is 0. The zero-order valence-corrected chi connectivity index (χ0v) is 26.2. The lowest BCUT2D eigenvalue weighted by molar-refractivity contribution is -0.277. The van der Waals surface area contributed by atoms with Crippen molar-refractivity contribution < 1.29 is 69.4 Å². The minimum atomic E-state index is -1.94. The number of rotatable bonds is 6. The molecular formula is C36H30O15. The molecule has 7 atom stereocenters. The van der Waals surface area contributed by atoms with Gasteiger partial charge in [-0.25, -0.2) is 0 Å². The largest absolute Gasteiger partial charge is 0.508 e. The van der Waals surface area contributed by atoms with E-state index < -0.39 is 94.5 Å². The van der Waals surface area contributed by atoms with Crippen molar-refractivity contribution in [3.63, 3.8) is 0 Å². The maximum absolute atomic E-state index is 14.7. The molecular weight excluding hydrogens is 672 g/mol. The predicted molar refractivity (Wildman–Crippen MR) is 174 cm³/mol. The van der Waals surface area contributed by atoms with Crippen molar-refractivity contribution in [3.8, 4) is 51.6 Å². The summed E-state index contributed by atoms with van der Waals surface area (Å²) in [5.41, 5.74) is -1.23. The lowest BCUT2D eigenvalue weighted by Crippen LogP contribution is -2.60. The summed E-state index contributed by atoms with van der Waals surface area (Å²) in [5.74, 6) is -5.16. The lowest BCUT2D eigenvalue weighted by atomic mass is 9.79. The second kappa shape index (κ2) is 12.8. The first-order chi connectivity index (χ1) is 24.4. The Morgan fingerprint density at radius 1 is 0.725 bits per heavy atom. The van der Waals surface area contributed by atoms with Crippen molar-refractivity contribution in [2.45, 2.75) is 42.7 Å². The van der Waals surface area contributed by atoms with Crippen LogP contribution in [0, 0.1) is 0 Å². The van der Waals surface area contributed by atoms with E-state index in [0.717, 1.165) is 24.3 Å². The molecule has 0 amide bonds. The molecule has 0 unspecified atom stereocenters. The van der Waals surface area contributed by atoms with Gasteiger partial charge in [0.1, 0.15) is 93.1 Å². The number of phenolic OH excluding ortho intramolecular Hbond substituents is 5. The zero-order chi connectivity index (χ0) is 36.3. The monoisotopic (exact) mass is 702 g/mol. The number of hydrogen-bond donors (Lipinski definition) is 9. The maximum atomic E-state index is 14.7. The number of aliphatic hydroxyl groups excluding tert-OH is 4. The van der Waals surface area contributed by atoms with Gasteiger partial charge in [-0.15, -0.1) is 0 Å². The van der Waals surface area contributed by atoms with E-state index in [1.165, 1.54) is 48.5 Å². The highest BCUT2D eigenvalue weighted by Gasteiger charge is 2.48. The van der Waals surface area contributed by atoms with Gasteiger partial charge in [-0.1, -0.05) is 12.1 Å². The number of aromatic hydroxyl groups is 5. The Bertz CT molecular complexity index is 2190. The van der Waals surface area contributed by atoms with Gasteiger partial charge in [-0.05, 0) is 42.0 Å². The van der Waals surface area contributed by atoms with Crippen LogP contribution in [0.4, 0.5) is 0 Å². The smallest absolute Gasteiger partial charge is 0.229 e. The Morgan fingerprint density at radius 3 is 2.06 bits per heavy atom. The van der Waals surface area contributed by atoms with E-state index in [4.69, 9.17) is 18.6 Å². The Kier molecular flexibility index (Phi) is 8.45. The van der Waals surface area contributed by atoms with E-state index >= 15 is 0 Å². The highest BCUT2D eigenvalue weighted by molar-refractivity contribution is 6.09. The molecule has 3 heterocycles. The van der Waals surface area contributed by atoms with Crippen LogP contribution in [-0.4, -0.2) is 89.1 Å². The van der Waals surface area contributed by atoms with Gasteiger partial charge in [0, 0.05) is 29.8 Å². The quantitative estimate of drug-likeness (QED) is 0.123. The SMILES string of the molecule is O=C1c2c(O)cc(O)cc2O[C@@H](c2ccc(O)cc2)[C@H]1c1c(O[C@@H]2O[C@H](CO)[C@@H](O)[C@H](O)[C@H]2O)cc(O)c2c(=O)cc(-c3ccc(O)cc3)oc12. The average Bonchev–Trinajstić information content (AvgIpc) is 3.09. The number of benzene rings is 4. The van der Waals surface area contributed by atoms with Gasteiger partial charge in [0.15, 0.2) is 11.2 Å². The molecule has 1 aromatic heterocycles. The predicted octanol–water partition coefficient (Wildman–Crippen LogP) is 2.27. The minimum absolute atomic E-state index is 0.0725. The van der Waals surface area contributed by atoms with Gasteiger partial charge >= 0.3 is 0 Å². The Labute approximate surface area is 286 Å². The molecule has 0 radical (unpaired) electrons. The number of ketones is 1. The molecule has 0 aliphatic carbocycles. The van der Waals surface area contributed by atoms with Crippen molar-refractivity contribution in [1.82, 2.24) is 0 Å². The van der Waals surface area contributed by atoms with E-state index in [2.05, 4.69) is 0 Å². The molecule has 2 aliphatic rings. The van der Waals surface area contributed by atoms with Crippen LogP contribution in [0.5, 0.6) is 40.2 Å². The summed E-state index contributed by atoms with van der Waals surface area (Å²) in [6.45, 7) is -0.799. The fourth-order valence-electron chi connectivity index (χ4n) is 6.39. The van der Waals surface area contributed by atoms with Gasteiger partial charge in [0.05, 0.1) is 18.1 Å². The number of carbonyl (C=O) groups is 1. The van der Waals surface area contributed by atoms with E-state index in [1.54, 1.807) is 0 Å². The number of hydrogen-bond acceptors (Lipinski definition) is 15. The molecule has 9 N–H and O–H groups in total. The fraction of sp³-hybridized carbons (Fsp3) is 0.222. The van der Waals surface area contributed by atoms with Gasteiger partial charge in [0.25, 0.3) is 0 Å². The Morgan fingerprint density at radius 2 is 1.39 bits per heavy atom. The van der Waals surface area contributed by atoms with E-state index in [-0.39, 0.29) is 39.7 Å². The van der Waals surface area contributed by atoms with Crippen LogP contribution in [-0.2, 0) is 4.74 Å². The summed E-state index contributed by atoms with van der Waals surface area (Å²) in [5, 5.41) is 93.3. The van der Waals surface area contributed by atoms with Gasteiger partial charge in [-0.3, -0.25) is 9.59 Å². The summed E-state index contributed by atoms with van der Waals surface area (Å²) in [6, 6.07) is 15.1. The molecule has 1 fully saturated rings. The third-order valence-electron chi connectivity index (χ3n) is 8.91. The number of aliphatic hydroxyl groups is 4. The molecule has 1 saturated heterocycles. The van der Waals surface area contributed by atoms with Crippen molar-refractivity contribution in [2.24, 2.45) is 0 Å². The highest BCUT2D eigenvalue weighted by Crippen LogP contribution is 2.52. The number of phenols is 5. The van der Waals surface area contributed by atoms with Crippen molar-refractivity contribution >= 4 is 16.8 Å². The van der Waals surface area contributed by atoms with Crippen LogP contribution < -0.4 is 14.9 Å². The second-order valence-corrected chi connectivity index (χ2v) is 12.2. The molecule has 264 valence electrons. The van der Waals surface area contributed by atoms with E-state index in [9.17, 15) is 55.5 Å². The van der Waals surface area contributed by atoms with Crippen LogP contribution >= 0.6 is 0 Å². The summed E-state index contributed by atoms with van der Waals surface area (Å²) in [4.78, 5) is 28.4. The first kappa shape index (κ1) is 33.6. The zero-order valence-electron chi connectivity index (χ0n) is 26.2. The molecule has 0 saturated carbocycles. The first-order valence-electron chi connectivity index (χ1n) is 15.5. The molecule has 4 aromatic carbocycles. The fourth-order valence-corrected chi connectivity index (χ4v) is 6.39. The van der Waals surface area contributed by atoms with Crippen LogP contribution in [0.25, 0.3) is 22.3 Å². The Balaban J connectivity index is 1.53. The van der Waals surface area contributed by atoms with Crippen molar-refractivity contribution in [3.05, 3.63) is 99.7 Å². The number of carbonyl (C=O) groups excluding carboxylic acids is 1. The highest BCUT2D eigenvalue weighted by atomic mass is 16.7. The summed E-state index contributed by atoms with van der Waals surface area (Å²) >= 11 is 0. The molecule has 5 aromatic rings. The van der Waals surface area contributed by atoms with Gasteiger partial charge < -0.3 is 64.6 Å². The average molecular weight is 703 g/mol. The van der Waals surface area contributed by atoms with E-state index in [1.807, 2.05) is 0 Å². The summed E-state index contributed by atoms with van der Waals surface area (Å²) < 4.78 is 24.1. The molecule has 51 heavy (non-hydrogen) atoms. The van der Waals surface area contributed by atoms with Crippen LogP contribution in [0.2, 0.25) is 0 Å². The second-order valence-electron chi connectivity index (χ2n) is 12.2. The molecule has 7 rings (SSSR count). The van der Waals surface area contributed by atoms with E-state index in [0.29, 0.717) is 5.56 Å². The molecule has 0 bridgehead atoms. The topological polar surface area (TPSA) is 257 Å². The first-order valence-corrected chi connectivity index (χ1v) is 15.5. The Hall–Kier alpha value is -5.84. The van der Waals surface area contributed by atoms with Crippen LogP contribution in [0.3, 0.4) is 0 Å². The number of Topliss-reactive ketones (excluding diaryl/α,β-unsaturated/α-hetero) is 1. The van der Waals surface area contributed by atoms with Crippen molar-refractivity contribution in [2.75, 3.05) is 6.61 Å². The molecule has 2 aliphatic heterocycles. The number of fused-ring (bicyclic) bond motifs is 2. The maximum Gasteiger partial charge on any atom is 0.229 e. The van der Waals surface area contributed by atoms with Gasteiger partial charge in [0.2, 0.25) is 6.29 Å². The number of ether oxygens (including phenoxy) is 3. The van der Waals surface area contributed by atoms with Crippen LogP contribution in [0.15, 0.2) is 82.0 Å². The molecule has 0 spiro atoms. The van der Waals surface area contributed by atoms with Gasteiger partial charge in [-0.2, -0.15) is 0 Å². The summed E-state index contributed by atoms with van der Waals surface area (Å²) in [6.07, 6.45) is -10.2. The molecule has 15 heteroatoms. The lowest BCUT2D eigenvalue weighted by Gasteiger charge is -2.40.